The van der Waals surface area contributed by atoms with Crippen LogP contribution in [0.4, 0.5) is 0 Å². The van der Waals surface area contributed by atoms with E-state index in [9.17, 15) is 9.59 Å². The van der Waals surface area contributed by atoms with Gasteiger partial charge in [-0.1, -0.05) is 24.3 Å². The van der Waals surface area contributed by atoms with E-state index >= 15 is 0 Å². The van der Waals surface area contributed by atoms with E-state index < -0.39 is 0 Å². The van der Waals surface area contributed by atoms with Crippen molar-refractivity contribution < 1.29 is 9.59 Å². The molecular formula is C16H20N6O2. The molecule has 1 fully saturated rings. The average molecular weight is 328 g/mol. The molecule has 126 valence electrons. The van der Waals surface area contributed by atoms with Crippen molar-refractivity contribution >= 4 is 11.8 Å². The van der Waals surface area contributed by atoms with Crippen LogP contribution in [0.2, 0.25) is 0 Å². The minimum Gasteiger partial charge on any atom is -0.339 e. The van der Waals surface area contributed by atoms with Crippen LogP contribution < -0.4 is 0 Å². The van der Waals surface area contributed by atoms with E-state index in [1.807, 2.05) is 36.1 Å². The minimum atomic E-state index is -0.0340. The molecule has 8 heteroatoms. The molecule has 0 bridgehead atoms. The first-order valence-corrected chi connectivity index (χ1v) is 7.94. The predicted octanol–water partition coefficient (Wildman–Crippen LogP) is -0.105. The summed E-state index contributed by atoms with van der Waals surface area (Å²) in [6.45, 7) is 4.35. The van der Waals surface area contributed by atoms with E-state index in [0.717, 1.165) is 11.1 Å². The van der Waals surface area contributed by atoms with E-state index in [1.165, 1.54) is 11.0 Å². The minimum absolute atomic E-state index is 0.0340. The molecule has 2 amide bonds. The van der Waals surface area contributed by atoms with Gasteiger partial charge in [-0.3, -0.25) is 9.59 Å². The molecule has 0 atom stereocenters. The third kappa shape index (κ3) is 3.76. The molecule has 0 N–H and O–H groups in total. The van der Waals surface area contributed by atoms with Crippen LogP contribution in [0.25, 0.3) is 0 Å². The smallest absolute Gasteiger partial charge is 0.244 e. The van der Waals surface area contributed by atoms with Gasteiger partial charge in [0, 0.05) is 26.2 Å². The second kappa shape index (κ2) is 7.20. The highest BCUT2D eigenvalue weighted by atomic mass is 16.2. The summed E-state index contributed by atoms with van der Waals surface area (Å²) < 4.78 is 1.40. The number of aromatic nitrogens is 4. The predicted molar refractivity (Wildman–Crippen MR) is 85.9 cm³/mol. The molecule has 2 heterocycles. The molecule has 1 aliphatic heterocycles. The van der Waals surface area contributed by atoms with Crippen molar-refractivity contribution in [3.05, 3.63) is 41.7 Å². The summed E-state index contributed by atoms with van der Waals surface area (Å²) in [4.78, 5) is 28.2. The molecular weight excluding hydrogens is 308 g/mol. The second-order valence-electron chi connectivity index (χ2n) is 5.87. The Morgan fingerprint density at radius 2 is 1.71 bits per heavy atom. The molecule has 0 spiro atoms. The van der Waals surface area contributed by atoms with Crippen LogP contribution >= 0.6 is 0 Å². The van der Waals surface area contributed by atoms with Gasteiger partial charge in [0.2, 0.25) is 11.8 Å². The Morgan fingerprint density at radius 1 is 1.04 bits per heavy atom. The highest BCUT2D eigenvalue weighted by molar-refractivity contribution is 5.80. The average Bonchev–Trinajstić information content (AvgIpc) is 3.10. The maximum atomic E-state index is 12.4. The summed E-state index contributed by atoms with van der Waals surface area (Å²) in [7, 11) is 0. The molecule has 1 saturated heterocycles. The molecule has 3 rings (SSSR count). The number of amides is 2. The molecule has 0 unspecified atom stereocenters. The van der Waals surface area contributed by atoms with Crippen molar-refractivity contribution in [2.24, 2.45) is 0 Å². The molecule has 0 radical (unpaired) electrons. The monoisotopic (exact) mass is 328 g/mol. The van der Waals surface area contributed by atoms with Crippen LogP contribution in [0.15, 0.2) is 30.6 Å². The van der Waals surface area contributed by atoms with Crippen molar-refractivity contribution in [3.63, 3.8) is 0 Å². The zero-order valence-corrected chi connectivity index (χ0v) is 13.6. The van der Waals surface area contributed by atoms with Gasteiger partial charge in [-0.2, -0.15) is 0 Å². The first-order chi connectivity index (χ1) is 11.6. The lowest BCUT2D eigenvalue weighted by Crippen LogP contribution is -2.51. The van der Waals surface area contributed by atoms with Gasteiger partial charge < -0.3 is 9.80 Å². The Morgan fingerprint density at radius 3 is 2.33 bits per heavy atom. The van der Waals surface area contributed by atoms with Gasteiger partial charge in [0.1, 0.15) is 12.9 Å². The fraction of sp³-hybridized carbons (Fsp3) is 0.438. The molecule has 24 heavy (non-hydrogen) atoms. The third-order valence-corrected chi connectivity index (χ3v) is 4.28. The number of nitrogens with zero attached hydrogens (tertiary/aromatic N) is 6. The maximum Gasteiger partial charge on any atom is 0.244 e. The number of tetrazole rings is 1. The number of hydrogen-bond donors (Lipinski definition) is 0. The fourth-order valence-corrected chi connectivity index (χ4v) is 2.78. The number of aryl methyl sites for hydroxylation is 1. The quantitative estimate of drug-likeness (QED) is 0.782. The number of carbonyl (C=O) groups is 2. The lowest BCUT2D eigenvalue weighted by molar-refractivity contribution is -0.139. The van der Waals surface area contributed by atoms with Crippen molar-refractivity contribution in [2.75, 3.05) is 26.2 Å². The van der Waals surface area contributed by atoms with Gasteiger partial charge in [-0.25, -0.2) is 4.68 Å². The Hall–Kier alpha value is -2.77. The van der Waals surface area contributed by atoms with Gasteiger partial charge >= 0.3 is 0 Å². The van der Waals surface area contributed by atoms with Crippen molar-refractivity contribution in [2.45, 2.75) is 19.9 Å². The molecule has 2 aromatic rings. The van der Waals surface area contributed by atoms with Crippen molar-refractivity contribution in [3.8, 4) is 0 Å². The molecule has 1 aliphatic rings. The van der Waals surface area contributed by atoms with E-state index in [1.54, 1.807) is 4.90 Å². The first kappa shape index (κ1) is 16.1. The Labute approximate surface area is 140 Å². The van der Waals surface area contributed by atoms with Crippen LogP contribution in [-0.2, 0) is 22.6 Å². The van der Waals surface area contributed by atoms with Crippen LogP contribution in [0.1, 0.15) is 11.1 Å². The number of rotatable bonds is 4. The van der Waals surface area contributed by atoms with Gasteiger partial charge in [0.25, 0.3) is 0 Å². The van der Waals surface area contributed by atoms with Crippen molar-refractivity contribution in [1.29, 1.82) is 0 Å². The summed E-state index contributed by atoms with van der Waals surface area (Å²) >= 11 is 0. The highest BCUT2D eigenvalue weighted by Crippen LogP contribution is 2.11. The van der Waals surface area contributed by atoms with Crippen molar-refractivity contribution in [1.82, 2.24) is 30.0 Å². The van der Waals surface area contributed by atoms with Crippen LogP contribution in [0.5, 0.6) is 0 Å². The lowest BCUT2D eigenvalue weighted by atomic mass is 10.1. The second-order valence-corrected chi connectivity index (χ2v) is 5.87. The van der Waals surface area contributed by atoms with Gasteiger partial charge in [0.15, 0.2) is 0 Å². The SMILES string of the molecule is Cc1ccccc1CC(=O)N1CCN(C(=O)Cn2cnnn2)CC1. The highest BCUT2D eigenvalue weighted by Gasteiger charge is 2.24. The largest absolute Gasteiger partial charge is 0.339 e. The molecule has 1 aromatic heterocycles. The molecule has 1 aromatic carbocycles. The summed E-state index contributed by atoms with van der Waals surface area (Å²) in [5, 5.41) is 10.7. The molecule has 0 aliphatic carbocycles. The zero-order valence-electron chi connectivity index (χ0n) is 13.6. The van der Waals surface area contributed by atoms with E-state index in [-0.39, 0.29) is 18.4 Å². The van der Waals surface area contributed by atoms with E-state index in [4.69, 9.17) is 0 Å². The normalized spacial score (nSPS) is 14.7. The van der Waals surface area contributed by atoms with Gasteiger partial charge in [0.05, 0.1) is 6.42 Å². The summed E-state index contributed by atoms with van der Waals surface area (Å²) in [6.07, 6.45) is 1.82. The standard InChI is InChI=1S/C16H20N6O2/c1-13-4-2-3-5-14(13)10-15(23)20-6-8-21(9-7-20)16(24)11-22-12-17-18-19-22/h2-5,12H,6-11H2,1H3. The summed E-state index contributed by atoms with van der Waals surface area (Å²) in [5.41, 5.74) is 2.18. The number of piperazine rings is 1. The maximum absolute atomic E-state index is 12.4. The Bertz CT molecular complexity index is 707. The summed E-state index contributed by atoms with van der Waals surface area (Å²) in [5.74, 6) is 0.0742. The first-order valence-electron chi connectivity index (χ1n) is 7.94. The van der Waals surface area contributed by atoms with Crippen LogP contribution in [0.3, 0.4) is 0 Å². The number of carbonyl (C=O) groups excluding carboxylic acids is 2. The molecule has 8 nitrogen and oxygen atoms in total. The zero-order chi connectivity index (χ0) is 16.9. The topological polar surface area (TPSA) is 84.2 Å². The van der Waals surface area contributed by atoms with Gasteiger partial charge in [-0.15, -0.1) is 5.10 Å². The number of benzene rings is 1. The van der Waals surface area contributed by atoms with Crippen LogP contribution in [-0.4, -0.2) is 68.0 Å². The Kier molecular flexibility index (Phi) is 4.83. The third-order valence-electron chi connectivity index (χ3n) is 4.28. The van der Waals surface area contributed by atoms with Crippen LogP contribution in [0, 0.1) is 6.92 Å². The molecule has 0 saturated carbocycles. The lowest BCUT2D eigenvalue weighted by Gasteiger charge is -2.34. The Balaban J connectivity index is 1.50. The van der Waals surface area contributed by atoms with E-state index in [2.05, 4.69) is 15.5 Å². The fourth-order valence-electron chi connectivity index (χ4n) is 2.78. The van der Waals surface area contributed by atoms with Gasteiger partial charge in [-0.05, 0) is 28.5 Å². The number of hydrogen-bond acceptors (Lipinski definition) is 5. The van der Waals surface area contributed by atoms with E-state index in [0.29, 0.717) is 32.6 Å². The summed E-state index contributed by atoms with van der Waals surface area (Å²) in [6, 6.07) is 7.92.